The smallest absolute Gasteiger partial charge is 0.338 e. The van der Waals surface area contributed by atoms with E-state index in [0.29, 0.717) is 22.8 Å². The molecule has 0 bridgehead atoms. The Morgan fingerprint density at radius 2 is 2.00 bits per heavy atom. The number of nitrogens with one attached hydrogen (secondary N) is 2. The summed E-state index contributed by atoms with van der Waals surface area (Å²) in [4.78, 5) is 27.6. The molecular formula is C25H26ClN3O3. The number of urea groups is 1. The van der Waals surface area contributed by atoms with E-state index < -0.39 is 12.0 Å². The van der Waals surface area contributed by atoms with Crippen molar-refractivity contribution in [2.75, 3.05) is 26.2 Å². The normalized spacial score (nSPS) is 19.1. The fourth-order valence-corrected chi connectivity index (χ4v) is 4.32. The second kappa shape index (κ2) is 10.0. The monoisotopic (exact) mass is 451 g/mol. The molecule has 32 heavy (non-hydrogen) atoms. The van der Waals surface area contributed by atoms with E-state index in [9.17, 15) is 9.59 Å². The van der Waals surface area contributed by atoms with Gasteiger partial charge in [0.1, 0.15) is 0 Å². The van der Waals surface area contributed by atoms with Crippen LogP contribution in [0.5, 0.6) is 0 Å². The van der Waals surface area contributed by atoms with Crippen LogP contribution in [0.4, 0.5) is 4.79 Å². The van der Waals surface area contributed by atoms with Gasteiger partial charge in [-0.15, -0.1) is 0 Å². The van der Waals surface area contributed by atoms with E-state index in [0.717, 1.165) is 25.1 Å². The highest BCUT2D eigenvalue weighted by molar-refractivity contribution is 6.30. The Balaban J connectivity index is 1.61. The lowest BCUT2D eigenvalue weighted by Crippen LogP contribution is -2.48. The first-order valence-corrected chi connectivity index (χ1v) is 11.1. The first-order valence-electron chi connectivity index (χ1n) is 10.7. The number of amides is 2. The summed E-state index contributed by atoms with van der Waals surface area (Å²) in [5.74, 6) is -0.447. The second-order valence-corrected chi connectivity index (χ2v) is 8.22. The van der Waals surface area contributed by atoms with Crippen molar-refractivity contribution < 1.29 is 14.3 Å². The molecule has 2 aliphatic heterocycles. The standard InChI is InChI=1S/C25H26ClN3O3/c1-2-32-24(30)22-21(27-25(31)28-23(22)19-9-6-10-20(26)15-19)16-29-13-11-18(12-14-29)17-7-4-3-5-8-17/h3-11,15,23H,2,12-14,16H2,1H3,(H2,27,28,31)/t23-/m0/s1. The number of esters is 1. The molecule has 2 aliphatic rings. The van der Waals surface area contributed by atoms with Gasteiger partial charge in [-0.3, -0.25) is 4.90 Å². The predicted octanol–water partition coefficient (Wildman–Crippen LogP) is 4.30. The van der Waals surface area contributed by atoms with Gasteiger partial charge in [0.15, 0.2) is 0 Å². The number of carbonyl (C=O) groups excluding carboxylic acids is 2. The summed E-state index contributed by atoms with van der Waals surface area (Å²) in [5, 5.41) is 6.23. The first kappa shape index (κ1) is 22.1. The van der Waals surface area contributed by atoms with Crippen LogP contribution in [0.25, 0.3) is 5.57 Å². The van der Waals surface area contributed by atoms with E-state index in [1.165, 1.54) is 11.1 Å². The van der Waals surface area contributed by atoms with Gasteiger partial charge in [-0.1, -0.05) is 60.1 Å². The minimum atomic E-state index is -0.628. The van der Waals surface area contributed by atoms with Crippen molar-refractivity contribution in [2.24, 2.45) is 0 Å². The number of benzene rings is 2. The summed E-state index contributed by atoms with van der Waals surface area (Å²) < 4.78 is 5.34. The SMILES string of the molecule is CCOC(=O)C1=C(CN2CC=C(c3ccccc3)CC2)NC(=O)N[C@H]1c1cccc(Cl)c1. The molecule has 1 atom stereocenters. The fourth-order valence-electron chi connectivity index (χ4n) is 4.12. The molecule has 2 amide bonds. The molecule has 0 unspecified atom stereocenters. The number of ether oxygens (including phenoxy) is 1. The molecule has 0 spiro atoms. The molecular weight excluding hydrogens is 426 g/mol. The van der Waals surface area contributed by atoms with E-state index in [2.05, 4.69) is 33.7 Å². The summed E-state index contributed by atoms with van der Waals surface area (Å²) in [6.07, 6.45) is 3.11. The van der Waals surface area contributed by atoms with Crippen LogP contribution in [0.15, 0.2) is 71.9 Å². The fraction of sp³-hybridized carbons (Fsp3) is 0.280. The molecule has 2 aromatic carbocycles. The molecule has 2 aromatic rings. The van der Waals surface area contributed by atoms with Crippen LogP contribution in [0, 0.1) is 0 Å². The molecule has 4 rings (SSSR count). The maximum Gasteiger partial charge on any atom is 0.338 e. The van der Waals surface area contributed by atoms with Gasteiger partial charge in [-0.2, -0.15) is 0 Å². The van der Waals surface area contributed by atoms with Crippen LogP contribution in [0.1, 0.15) is 30.5 Å². The van der Waals surface area contributed by atoms with Crippen molar-refractivity contribution in [1.29, 1.82) is 0 Å². The van der Waals surface area contributed by atoms with Gasteiger partial charge in [0.2, 0.25) is 0 Å². The average Bonchev–Trinajstić information content (AvgIpc) is 2.80. The Labute approximate surface area is 192 Å². The third-order valence-corrected chi connectivity index (χ3v) is 5.89. The molecule has 0 fully saturated rings. The number of carbonyl (C=O) groups is 2. The maximum absolute atomic E-state index is 12.9. The van der Waals surface area contributed by atoms with Gasteiger partial charge in [0.25, 0.3) is 0 Å². The van der Waals surface area contributed by atoms with Gasteiger partial charge in [-0.05, 0) is 42.2 Å². The van der Waals surface area contributed by atoms with Crippen LogP contribution in [0.2, 0.25) is 5.02 Å². The zero-order valence-electron chi connectivity index (χ0n) is 17.9. The van der Waals surface area contributed by atoms with Crippen molar-refractivity contribution in [3.05, 3.63) is 88.1 Å². The zero-order valence-corrected chi connectivity index (χ0v) is 18.7. The molecule has 166 valence electrons. The van der Waals surface area contributed by atoms with Gasteiger partial charge in [-0.25, -0.2) is 9.59 Å². The van der Waals surface area contributed by atoms with Crippen LogP contribution in [-0.2, 0) is 9.53 Å². The average molecular weight is 452 g/mol. The van der Waals surface area contributed by atoms with E-state index in [1.54, 1.807) is 25.1 Å². The van der Waals surface area contributed by atoms with Gasteiger partial charge in [0.05, 0.1) is 18.2 Å². The quantitative estimate of drug-likeness (QED) is 0.642. The number of halogens is 1. The summed E-state index contributed by atoms with van der Waals surface area (Å²) in [6.45, 7) is 4.01. The van der Waals surface area contributed by atoms with Crippen molar-refractivity contribution >= 4 is 29.2 Å². The maximum atomic E-state index is 12.9. The van der Waals surface area contributed by atoms with Gasteiger partial charge < -0.3 is 15.4 Å². The van der Waals surface area contributed by atoms with Gasteiger partial charge >= 0.3 is 12.0 Å². The molecule has 7 heteroatoms. The highest BCUT2D eigenvalue weighted by Crippen LogP contribution is 2.30. The molecule has 6 nitrogen and oxygen atoms in total. The predicted molar refractivity (Wildman–Crippen MR) is 125 cm³/mol. The molecule has 0 aliphatic carbocycles. The number of hydrogen-bond donors (Lipinski definition) is 2. The molecule has 0 saturated carbocycles. The lowest BCUT2D eigenvalue weighted by molar-refractivity contribution is -0.139. The third-order valence-electron chi connectivity index (χ3n) is 5.65. The topological polar surface area (TPSA) is 70.7 Å². The highest BCUT2D eigenvalue weighted by atomic mass is 35.5. The highest BCUT2D eigenvalue weighted by Gasteiger charge is 2.34. The Morgan fingerprint density at radius 1 is 1.19 bits per heavy atom. The molecule has 2 N–H and O–H groups in total. The summed E-state index contributed by atoms with van der Waals surface area (Å²) in [5.41, 5.74) is 4.25. The van der Waals surface area contributed by atoms with Crippen molar-refractivity contribution in [3.63, 3.8) is 0 Å². The lowest BCUT2D eigenvalue weighted by Gasteiger charge is -2.33. The van der Waals surface area contributed by atoms with Crippen molar-refractivity contribution in [2.45, 2.75) is 19.4 Å². The van der Waals surface area contributed by atoms with E-state index in [4.69, 9.17) is 16.3 Å². The Bertz CT molecular complexity index is 1070. The molecule has 2 heterocycles. The lowest BCUT2D eigenvalue weighted by atomic mass is 9.94. The van der Waals surface area contributed by atoms with E-state index in [1.807, 2.05) is 24.3 Å². The molecule has 0 saturated heterocycles. The third kappa shape index (κ3) is 5.03. The van der Waals surface area contributed by atoms with Crippen molar-refractivity contribution in [1.82, 2.24) is 15.5 Å². The number of rotatable bonds is 6. The summed E-state index contributed by atoms with van der Waals surface area (Å²) >= 11 is 6.17. The Kier molecular flexibility index (Phi) is 6.93. The van der Waals surface area contributed by atoms with Gasteiger partial charge in [0, 0.05) is 30.4 Å². The summed E-state index contributed by atoms with van der Waals surface area (Å²) in [7, 11) is 0. The zero-order chi connectivity index (χ0) is 22.5. The second-order valence-electron chi connectivity index (χ2n) is 7.78. The van der Waals surface area contributed by atoms with Crippen molar-refractivity contribution in [3.8, 4) is 0 Å². The molecule has 0 radical (unpaired) electrons. The summed E-state index contributed by atoms with van der Waals surface area (Å²) in [6, 6.07) is 16.5. The van der Waals surface area contributed by atoms with Crippen LogP contribution in [-0.4, -0.2) is 43.1 Å². The Morgan fingerprint density at radius 3 is 2.69 bits per heavy atom. The minimum absolute atomic E-state index is 0.249. The Hall–Kier alpha value is -3.09. The van der Waals surface area contributed by atoms with E-state index >= 15 is 0 Å². The van der Waals surface area contributed by atoms with Crippen LogP contribution < -0.4 is 10.6 Å². The minimum Gasteiger partial charge on any atom is -0.463 e. The van der Waals surface area contributed by atoms with Crippen LogP contribution >= 0.6 is 11.6 Å². The van der Waals surface area contributed by atoms with E-state index in [-0.39, 0.29) is 12.6 Å². The number of hydrogen-bond acceptors (Lipinski definition) is 4. The molecule has 0 aromatic heterocycles. The first-order chi connectivity index (χ1) is 15.5. The largest absolute Gasteiger partial charge is 0.463 e. The number of nitrogens with zero attached hydrogens (tertiary/aromatic N) is 1. The van der Waals surface area contributed by atoms with Crippen LogP contribution in [0.3, 0.4) is 0 Å².